The lowest BCUT2D eigenvalue weighted by atomic mass is 10.3. The van der Waals surface area contributed by atoms with Crippen LogP contribution in [0.15, 0.2) is 12.7 Å². The van der Waals surface area contributed by atoms with E-state index in [2.05, 4.69) is 6.58 Å². The van der Waals surface area contributed by atoms with Gasteiger partial charge in [0.2, 0.25) is 0 Å². The highest BCUT2D eigenvalue weighted by molar-refractivity contribution is 7.99. The standard InChI is InChI=1S/C11H18N2O3S/c1-3-4-5-6-12(2)11(16)13-8-17-7-9(13)10(14)15/h3,9H,1,4-8H2,2H3,(H,14,15). The van der Waals surface area contributed by atoms with Crippen LogP contribution >= 0.6 is 11.8 Å². The summed E-state index contributed by atoms with van der Waals surface area (Å²) in [6.07, 6.45) is 3.52. The van der Waals surface area contributed by atoms with Crippen LogP contribution in [0.5, 0.6) is 0 Å². The number of hydrogen-bond acceptors (Lipinski definition) is 3. The third-order valence-electron chi connectivity index (χ3n) is 2.64. The largest absolute Gasteiger partial charge is 0.480 e. The average molecular weight is 258 g/mol. The Morgan fingerprint density at radius 1 is 1.65 bits per heavy atom. The van der Waals surface area contributed by atoms with Gasteiger partial charge in [-0.1, -0.05) is 6.08 Å². The molecule has 1 unspecified atom stereocenters. The first kappa shape index (κ1) is 13.9. The molecule has 1 atom stereocenters. The van der Waals surface area contributed by atoms with Crippen LogP contribution < -0.4 is 0 Å². The monoisotopic (exact) mass is 258 g/mol. The molecule has 1 aliphatic heterocycles. The number of carboxylic acids is 1. The van der Waals surface area contributed by atoms with Gasteiger partial charge in [-0.05, 0) is 12.8 Å². The summed E-state index contributed by atoms with van der Waals surface area (Å²) in [5.74, 6) is 0.00578. The number of aliphatic carboxylic acids is 1. The van der Waals surface area contributed by atoms with Crippen molar-refractivity contribution in [2.45, 2.75) is 18.9 Å². The maximum absolute atomic E-state index is 12.0. The molecule has 1 heterocycles. The topological polar surface area (TPSA) is 60.9 Å². The van der Waals surface area contributed by atoms with Gasteiger partial charge in [0.1, 0.15) is 6.04 Å². The summed E-state index contributed by atoms with van der Waals surface area (Å²) in [4.78, 5) is 26.0. The van der Waals surface area contributed by atoms with Crippen LogP contribution in [0.25, 0.3) is 0 Å². The zero-order valence-electron chi connectivity index (χ0n) is 9.96. The predicted octanol–water partition coefficient (Wildman–Crippen LogP) is 1.46. The second kappa shape index (κ2) is 6.54. The minimum absolute atomic E-state index is 0.202. The fourth-order valence-electron chi connectivity index (χ4n) is 1.62. The van der Waals surface area contributed by atoms with Gasteiger partial charge in [0, 0.05) is 19.3 Å². The lowest BCUT2D eigenvalue weighted by molar-refractivity contribution is -0.140. The molecule has 6 heteroatoms. The number of allylic oxidation sites excluding steroid dienone is 1. The van der Waals surface area contributed by atoms with Crippen LogP contribution in [0.2, 0.25) is 0 Å². The Bertz CT molecular complexity index is 309. The number of unbranched alkanes of at least 4 members (excludes halogenated alkanes) is 1. The number of rotatable bonds is 5. The third kappa shape index (κ3) is 3.66. The second-order valence-electron chi connectivity index (χ2n) is 3.96. The van der Waals surface area contributed by atoms with Crippen molar-refractivity contribution in [1.29, 1.82) is 0 Å². The summed E-state index contributed by atoms with van der Waals surface area (Å²) in [6.45, 7) is 4.24. The molecule has 1 N–H and O–H groups in total. The lowest BCUT2D eigenvalue weighted by Crippen LogP contribution is -2.47. The van der Waals surface area contributed by atoms with Crippen molar-refractivity contribution >= 4 is 23.8 Å². The summed E-state index contributed by atoms with van der Waals surface area (Å²) in [6, 6.07) is -0.888. The number of carboxylic acid groups (broad SMARTS) is 1. The molecule has 0 radical (unpaired) electrons. The van der Waals surface area contributed by atoms with Gasteiger partial charge in [0.15, 0.2) is 0 Å². The fraction of sp³-hybridized carbons (Fsp3) is 0.636. The van der Waals surface area contributed by atoms with Gasteiger partial charge in [-0.2, -0.15) is 0 Å². The highest BCUT2D eigenvalue weighted by Crippen LogP contribution is 2.22. The van der Waals surface area contributed by atoms with Crippen molar-refractivity contribution < 1.29 is 14.7 Å². The van der Waals surface area contributed by atoms with E-state index in [0.29, 0.717) is 18.2 Å². The average Bonchev–Trinajstić information content (AvgIpc) is 2.77. The molecule has 1 rings (SSSR count). The van der Waals surface area contributed by atoms with Crippen molar-refractivity contribution in [3.63, 3.8) is 0 Å². The zero-order valence-corrected chi connectivity index (χ0v) is 10.8. The molecule has 96 valence electrons. The second-order valence-corrected chi connectivity index (χ2v) is 4.96. The number of thioether (sulfide) groups is 1. The van der Waals surface area contributed by atoms with E-state index < -0.39 is 12.0 Å². The van der Waals surface area contributed by atoms with E-state index in [9.17, 15) is 9.59 Å². The van der Waals surface area contributed by atoms with Crippen LogP contribution in [0.4, 0.5) is 4.79 Å². The third-order valence-corrected chi connectivity index (χ3v) is 3.65. The molecule has 0 bridgehead atoms. The molecular formula is C11H18N2O3S. The van der Waals surface area contributed by atoms with Gasteiger partial charge in [-0.15, -0.1) is 18.3 Å². The smallest absolute Gasteiger partial charge is 0.327 e. The molecule has 5 nitrogen and oxygen atoms in total. The minimum Gasteiger partial charge on any atom is -0.480 e. The number of carbonyl (C=O) groups excluding carboxylic acids is 1. The van der Waals surface area contributed by atoms with Gasteiger partial charge in [-0.25, -0.2) is 9.59 Å². The Balaban J connectivity index is 2.50. The Morgan fingerprint density at radius 3 is 2.94 bits per heavy atom. The predicted molar refractivity (Wildman–Crippen MR) is 68.0 cm³/mol. The highest BCUT2D eigenvalue weighted by atomic mass is 32.2. The van der Waals surface area contributed by atoms with E-state index in [1.165, 1.54) is 16.7 Å². The first-order valence-corrected chi connectivity index (χ1v) is 6.66. The Labute approximate surface area is 105 Å². The Morgan fingerprint density at radius 2 is 2.35 bits per heavy atom. The summed E-state index contributed by atoms with van der Waals surface area (Å²) >= 11 is 1.47. The van der Waals surface area contributed by atoms with Crippen molar-refractivity contribution in [3.8, 4) is 0 Å². The molecule has 0 aromatic carbocycles. The van der Waals surface area contributed by atoms with Crippen LogP contribution in [0.1, 0.15) is 12.8 Å². The fourth-order valence-corrected chi connectivity index (χ4v) is 2.76. The van der Waals surface area contributed by atoms with Crippen LogP contribution in [0, 0.1) is 0 Å². The molecule has 17 heavy (non-hydrogen) atoms. The lowest BCUT2D eigenvalue weighted by Gasteiger charge is -2.26. The van der Waals surface area contributed by atoms with Crippen LogP contribution in [-0.2, 0) is 4.79 Å². The normalized spacial score (nSPS) is 19.1. The summed E-state index contributed by atoms with van der Waals surface area (Å²) in [7, 11) is 1.70. The first-order chi connectivity index (χ1) is 8.07. The Kier molecular flexibility index (Phi) is 5.34. The van der Waals surface area contributed by atoms with Gasteiger partial charge < -0.3 is 14.9 Å². The summed E-state index contributed by atoms with van der Waals surface area (Å²) in [5.41, 5.74) is 0. The molecule has 0 spiro atoms. The minimum atomic E-state index is -0.928. The number of carbonyl (C=O) groups is 2. The summed E-state index contributed by atoms with van der Waals surface area (Å²) in [5, 5.41) is 8.99. The van der Waals surface area contributed by atoms with E-state index in [1.807, 2.05) is 6.08 Å². The maximum atomic E-state index is 12.0. The van der Waals surface area contributed by atoms with Crippen molar-refractivity contribution in [1.82, 2.24) is 9.80 Å². The van der Waals surface area contributed by atoms with E-state index >= 15 is 0 Å². The molecule has 1 fully saturated rings. The maximum Gasteiger partial charge on any atom is 0.327 e. The molecule has 2 amide bonds. The highest BCUT2D eigenvalue weighted by Gasteiger charge is 2.35. The van der Waals surface area contributed by atoms with E-state index in [0.717, 1.165) is 12.8 Å². The molecule has 0 aromatic heterocycles. The van der Waals surface area contributed by atoms with Crippen molar-refractivity contribution in [2.24, 2.45) is 0 Å². The first-order valence-electron chi connectivity index (χ1n) is 5.51. The molecular weight excluding hydrogens is 240 g/mol. The quantitative estimate of drug-likeness (QED) is 0.599. The van der Waals surface area contributed by atoms with E-state index in [4.69, 9.17) is 5.11 Å². The van der Waals surface area contributed by atoms with Gasteiger partial charge in [0.05, 0.1) is 5.88 Å². The van der Waals surface area contributed by atoms with Gasteiger partial charge in [0.25, 0.3) is 0 Å². The van der Waals surface area contributed by atoms with E-state index in [1.54, 1.807) is 11.9 Å². The SMILES string of the molecule is C=CCCCN(C)C(=O)N1CSCC1C(=O)O. The molecule has 1 saturated heterocycles. The molecule has 0 aliphatic carbocycles. The molecule has 1 aliphatic rings. The summed E-state index contributed by atoms with van der Waals surface area (Å²) < 4.78 is 0. The molecule has 0 saturated carbocycles. The van der Waals surface area contributed by atoms with Crippen molar-refractivity contribution in [3.05, 3.63) is 12.7 Å². The Hall–Kier alpha value is -1.17. The van der Waals surface area contributed by atoms with Crippen LogP contribution in [-0.4, -0.2) is 58.2 Å². The van der Waals surface area contributed by atoms with Crippen molar-refractivity contribution in [2.75, 3.05) is 25.2 Å². The zero-order chi connectivity index (χ0) is 12.8. The van der Waals surface area contributed by atoms with Crippen LogP contribution in [0.3, 0.4) is 0 Å². The number of nitrogens with zero attached hydrogens (tertiary/aromatic N) is 2. The van der Waals surface area contributed by atoms with Gasteiger partial charge in [-0.3, -0.25) is 0 Å². The van der Waals surface area contributed by atoms with Gasteiger partial charge >= 0.3 is 12.0 Å². The number of urea groups is 1. The van der Waals surface area contributed by atoms with E-state index in [-0.39, 0.29) is 6.03 Å². The number of hydrogen-bond donors (Lipinski definition) is 1. The molecule has 0 aromatic rings. The number of amides is 2.